The third kappa shape index (κ3) is 4.45. The van der Waals surface area contributed by atoms with E-state index in [1.807, 2.05) is 36.9 Å². The number of rotatable bonds is 6. The molecule has 3 N–H and O–H groups in total. The van der Waals surface area contributed by atoms with Crippen LogP contribution in [0.15, 0.2) is 67.3 Å². The van der Waals surface area contributed by atoms with Gasteiger partial charge in [-0.1, -0.05) is 12.1 Å². The van der Waals surface area contributed by atoms with Crippen molar-refractivity contribution in [1.29, 1.82) is 0 Å². The van der Waals surface area contributed by atoms with Crippen molar-refractivity contribution < 1.29 is 9.90 Å². The second kappa shape index (κ2) is 9.03. The number of hydrogen-bond acceptors (Lipinski definition) is 5. The minimum atomic E-state index is -0.636. The summed E-state index contributed by atoms with van der Waals surface area (Å²) in [6.07, 6.45) is 9.93. The highest BCUT2D eigenvalue weighted by Crippen LogP contribution is 2.33. The number of hydrogen-bond donors (Lipinski definition) is 2. The Kier molecular flexibility index (Phi) is 5.79. The van der Waals surface area contributed by atoms with Crippen molar-refractivity contribution in [3.63, 3.8) is 0 Å². The average molecular weight is 442 g/mol. The summed E-state index contributed by atoms with van der Waals surface area (Å²) in [5, 5.41) is 11.3. The number of primary amides is 1. The lowest BCUT2D eigenvalue weighted by Crippen LogP contribution is -2.32. The van der Waals surface area contributed by atoms with E-state index in [0.717, 1.165) is 43.7 Å². The summed E-state index contributed by atoms with van der Waals surface area (Å²) in [6, 6.07) is 13.4. The van der Waals surface area contributed by atoms with Crippen LogP contribution < -0.4 is 5.73 Å². The van der Waals surface area contributed by atoms with Crippen LogP contribution in [0.4, 0.5) is 0 Å². The van der Waals surface area contributed by atoms with Gasteiger partial charge in [0.15, 0.2) is 0 Å². The number of carbonyl (C=O) groups is 1. The van der Waals surface area contributed by atoms with Crippen LogP contribution in [0.5, 0.6) is 5.75 Å². The fourth-order valence-electron chi connectivity index (χ4n) is 4.83. The normalized spacial score (nSPS) is 15.2. The van der Waals surface area contributed by atoms with Crippen molar-refractivity contribution in [2.45, 2.75) is 31.8 Å². The number of piperidine rings is 1. The maximum absolute atomic E-state index is 11.4. The van der Waals surface area contributed by atoms with Crippen LogP contribution in [0.25, 0.3) is 11.0 Å². The van der Waals surface area contributed by atoms with Gasteiger partial charge < -0.3 is 15.4 Å². The summed E-state index contributed by atoms with van der Waals surface area (Å²) in [4.78, 5) is 22.7. The first-order valence-corrected chi connectivity index (χ1v) is 11.2. The predicted molar refractivity (Wildman–Crippen MR) is 127 cm³/mol. The quantitative estimate of drug-likeness (QED) is 0.476. The highest BCUT2D eigenvalue weighted by Gasteiger charge is 2.23. The number of aromatic nitrogens is 3. The van der Waals surface area contributed by atoms with Gasteiger partial charge in [-0.3, -0.25) is 14.7 Å². The van der Waals surface area contributed by atoms with E-state index in [2.05, 4.69) is 37.6 Å². The summed E-state index contributed by atoms with van der Waals surface area (Å²) < 4.78 is 2.08. The molecule has 0 spiro atoms. The Morgan fingerprint density at radius 1 is 1.06 bits per heavy atom. The zero-order valence-corrected chi connectivity index (χ0v) is 18.4. The third-order valence-corrected chi connectivity index (χ3v) is 6.53. The molecule has 7 heteroatoms. The van der Waals surface area contributed by atoms with E-state index in [1.54, 1.807) is 12.1 Å². The third-order valence-electron chi connectivity index (χ3n) is 6.53. The van der Waals surface area contributed by atoms with Crippen LogP contribution in [-0.2, 0) is 13.1 Å². The van der Waals surface area contributed by atoms with Gasteiger partial charge in [-0.2, -0.15) is 0 Å². The molecule has 0 atom stereocenters. The van der Waals surface area contributed by atoms with Crippen LogP contribution in [-0.4, -0.2) is 43.5 Å². The van der Waals surface area contributed by atoms with Crippen molar-refractivity contribution in [1.82, 2.24) is 19.4 Å². The second-order valence-electron chi connectivity index (χ2n) is 8.71. The minimum Gasteiger partial charge on any atom is -0.507 e. The van der Waals surface area contributed by atoms with E-state index in [9.17, 15) is 9.90 Å². The lowest BCUT2D eigenvalue weighted by atomic mass is 9.88. The fraction of sp³-hybridized carbons (Fsp3) is 0.269. The number of benzene rings is 1. The van der Waals surface area contributed by atoms with E-state index in [4.69, 9.17) is 5.73 Å². The van der Waals surface area contributed by atoms with Gasteiger partial charge in [0.1, 0.15) is 11.4 Å². The van der Waals surface area contributed by atoms with Gasteiger partial charge in [-0.25, -0.2) is 4.98 Å². The van der Waals surface area contributed by atoms with Crippen LogP contribution in [0, 0.1) is 0 Å². The number of nitrogens with zero attached hydrogens (tertiary/aromatic N) is 4. The summed E-state index contributed by atoms with van der Waals surface area (Å²) in [7, 11) is 0. The molecule has 1 saturated heterocycles. The van der Waals surface area contributed by atoms with E-state index in [0.29, 0.717) is 12.5 Å². The topological polar surface area (TPSA) is 97.3 Å². The number of pyridine rings is 2. The van der Waals surface area contributed by atoms with Gasteiger partial charge >= 0.3 is 0 Å². The molecule has 5 rings (SSSR count). The van der Waals surface area contributed by atoms with Gasteiger partial charge in [0.05, 0.1) is 5.56 Å². The first kappa shape index (κ1) is 21.2. The van der Waals surface area contributed by atoms with Crippen molar-refractivity contribution in [3.8, 4) is 5.75 Å². The summed E-state index contributed by atoms with van der Waals surface area (Å²) in [6.45, 7) is 3.63. The molecule has 33 heavy (non-hydrogen) atoms. The molecule has 1 aliphatic heterocycles. The first-order valence-electron chi connectivity index (χ1n) is 11.2. The number of carbonyl (C=O) groups excluding carboxylic acids is 1. The Morgan fingerprint density at radius 3 is 2.64 bits per heavy atom. The minimum absolute atomic E-state index is 0.0943. The SMILES string of the molecule is NC(=O)c1ccc(Cn2ccc3c(C4CCN(Cc5cccnc5)CC4)ccnc32)cc1O. The molecular weight excluding hydrogens is 414 g/mol. The lowest BCUT2D eigenvalue weighted by Gasteiger charge is -2.32. The van der Waals surface area contributed by atoms with Crippen LogP contribution in [0.3, 0.4) is 0 Å². The Balaban J connectivity index is 1.31. The molecule has 4 heterocycles. The van der Waals surface area contributed by atoms with Crippen molar-refractivity contribution in [2.24, 2.45) is 5.73 Å². The highest BCUT2D eigenvalue weighted by molar-refractivity contribution is 5.95. The maximum Gasteiger partial charge on any atom is 0.252 e. The van der Waals surface area contributed by atoms with Gasteiger partial charge in [0.2, 0.25) is 0 Å². The molecule has 0 bridgehead atoms. The molecule has 3 aromatic heterocycles. The van der Waals surface area contributed by atoms with Gasteiger partial charge in [-0.15, -0.1) is 0 Å². The second-order valence-corrected chi connectivity index (χ2v) is 8.71. The molecular formula is C26H27N5O2. The first-order chi connectivity index (χ1) is 16.1. The van der Waals surface area contributed by atoms with Gasteiger partial charge in [0, 0.05) is 43.3 Å². The summed E-state index contributed by atoms with van der Waals surface area (Å²) >= 11 is 0. The van der Waals surface area contributed by atoms with Gasteiger partial charge in [-0.05, 0) is 78.9 Å². The van der Waals surface area contributed by atoms with Crippen molar-refractivity contribution >= 4 is 16.9 Å². The van der Waals surface area contributed by atoms with E-state index in [-0.39, 0.29) is 11.3 Å². The Hall–Kier alpha value is -3.71. The number of aromatic hydroxyl groups is 1. The number of fused-ring (bicyclic) bond motifs is 1. The molecule has 7 nitrogen and oxygen atoms in total. The largest absolute Gasteiger partial charge is 0.507 e. The molecule has 0 unspecified atom stereocenters. The van der Waals surface area contributed by atoms with Crippen LogP contribution >= 0.6 is 0 Å². The molecule has 168 valence electrons. The van der Waals surface area contributed by atoms with E-state index < -0.39 is 5.91 Å². The molecule has 0 radical (unpaired) electrons. The predicted octanol–water partition coefficient (Wildman–Crippen LogP) is 3.66. The van der Waals surface area contributed by atoms with Gasteiger partial charge in [0.25, 0.3) is 5.91 Å². The number of nitrogens with two attached hydrogens (primary N) is 1. The smallest absolute Gasteiger partial charge is 0.252 e. The average Bonchev–Trinajstić information content (AvgIpc) is 3.23. The zero-order chi connectivity index (χ0) is 22.8. The Bertz CT molecular complexity index is 1280. The van der Waals surface area contributed by atoms with Crippen molar-refractivity contribution in [3.05, 3.63) is 89.5 Å². The molecule has 1 aromatic carbocycles. The molecule has 1 amide bonds. The molecule has 1 fully saturated rings. The fourth-order valence-corrected chi connectivity index (χ4v) is 4.83. The summed E-state index contributed by atoms with van der Waals surface area (Å²) in [5.74, 6) is -0.221. The lowest BCUT2D eigenvalue weighted by molar-refractivity contribution is 0.0997. The standard InChI is InChI=1S/C26H27N5O2/c27-25(33)23-4-3-18(14-24(23)32)17-31-13-8-22-21(5-10-29-26(22)31)20-6-11-30(12-7-20)16-19-2-1-9-28-15-19/h1-5,8-10,13-15,20,32H,6-7,11-12,16-17H2,(H2,27,33). The van der Waals surface area contributed by atoms with Crippen molar-refractivity contribution in [2.75, 3.05) is 13.1 Å². The Labute approximate surface area is 192 Å². The molecule has 0 saturated carbocycles. The maximum atomic E-state index is 11.4. The molecule has 0 aliphatic carbocycles. The number of phenols is 1. The Morgan fingerprint density at radius 2 is 1.91 bits per heavy atom. The van der Waals surface area contributed by atoms with E-state index >= 15 is 0 Å². The molecule has 4 aromatic rings. The van der Waals surface area contributed by atoms with Crippen LogP contribution in [0.2, 0.25) is 0 Å². The van der Waals surface area contributed by atoms with Crippen LogP contribution in [0.1, 0.15) is 45.8 Å². The number of likely N-dealkylation sites (tertiary alicyclic amines) is 1. The molecule has 1 aliphatic rings. The summed E-state index contributed by atoms with van der Waals surface area (Å²) in [5.41, 5.74) is 9.85. The number of amides is 1. The monoisotopic (exact) mass is 441 g/mol. The highest BCUT2D eigenvalue weighted by atomic mass is 16.3. The zero-order valence-electron chi connectivity index (χ0n) is 18.4. The van der Waals surface area contributed by atoms with E-state index in [1.165, 1.54) is 16.5 Å².